The second-order valence-electron chi connectivity index (χ2n) is 2.70. The van der Waals surface area contributed by atoms with Crippen molar-refractivity contribution in [2.45, 2.75) is 12.8 Å². The lowest BCUT2D eigenvalue weighted by Crippen LogP contribution is -2.06. The third kappa shape index (κ3) is 2.91. The lowest BCUT2D eigenvalue weighted by molar-refractivity contribution is -0.132. The predicted molar refractivity (Wildman–Crippen MR) is 46.1 cm³/mol. The molecule has 0 aromatic heterocycles. The van der Waals surface area contributed by atoms with Gasteiger partial charge in [-0.05, 0) is 18.6 Å². The van der Waals surface area contributed by atoms with Gasteiger partial charge in [0.25, 0.3) is 0 Å². The van der Waals surface area contributed by atoms with Crippen LogP contribution in [0, 0.1) is 0 Å². The summed E-state index contributed by atoms with van der Waals surface area (Å²) < 4.78 is 5.13. The van der Waals surface area contributed by atoms with E-state index < -0.39 is 5.97 Å². The molecule has 2 N–H and O–H groups in total. The van der Waals surface area contributed by atoms with Crippen LogP contribution in [0.5, 0.6) is 0 Å². The average Bonchev–Trinajstić information content (AvgIpc) is 2.15. The smallest absolute Gasteiger partial charge is 0.331 e. The molecule has 0 spiro atoms. The van der Waals surface area contributed by atoms with Gasteiger partial charge < -0.3 is 14.9 Å². The number of hydrogen-bond acceptors (Lipinski definition) is 3. The number of carbonyl (C=O) groups is 1. The fraction of sp³-hybridized carbons (Fsp3) is 0.444. The summed E-state index contributed by atoms with van der Waals surface area (Å²) in [6.07, 6.45) is 4.27. The molecule has 1 aliphatic rings. The van der Waals surface area contributed by atoms with Gasteiger partial charge in [-0.25, -0.2) is 4.79 Å². The molecule has 1 aliphatic carbocycles. The zero-order valence-corrected chi connectivity index (χ0v) is 7.19. The van der Waals surface area contributed by atoms with Crippen molar-refractivity contribution in [3.05, 3.63) is 23.5 Å². The van der Waals surface area contributed by atoms with Crippen LogP contribution in [0.15, 0.2) is 23.5 Å². The van der Waals surface area contributed by atoms with E-state index in [-0.39, 0.29) is 13.2 Å². The first kappa shape index (κ1) is 9.80. The van der Waals surface area contributed by atoms with Crippen molar-refractivity contribution < 1.29 is 19.7 Å². The Morgan fingerprint density at radius 2 is 2.23 bits per heavy atom. The largest absolute Gasteiger partial charge is 0.496 e. The minimum Gasteiger partial charge on any atom is -0.496 e. The Hall–Kier alpha value is -1.29. The number of allylic oxidation sites excluding steroid dienone is 3. The predicted octanol–water partition coefficient (Wildman–Crippen LogP) is 0.684. The van der Waals surface area contributed by atoms with Gasteiger partial charge in [-0.15, -0.1) is 0 Å². The maximum absolute atomic E-state index is 10.5. The summed E-state index contributed by atoms with van der Waals surface area (Å²) in [4.78, 5) is 10.5. The number of carboxylic acids is 1. The van der Waals surface area contributed by atoms with Crippen LogP contribution in [0.4, 0.5) is 0 Å². The van der Waals surface area contributed by atoms with Crippen LogP contribution in [0.25, 0.3) is 0 Å². The van der Waals surface area contributed by atoms with E-state index in [1.54, 1.807) is 12.2 Å². The second kappa shape index (κ2) is 4.67. The molecule has 0 heterocycles. The van der Waals surface area contributed by atoms with E-state index in [9.17, 15) is 4.79 Å². The molecule has 13 heavy (non-hydrogen) atoms. The van der Waals surface area contributed by atoms with Gasteiger partial charge in [0.05, 0.1) is 12.4 Å². The molecule has 0 unspecified atom stereocenters. The van der Waals surface area contributed by atoms with E-state index in [0.29, 0.717) is 18.4 Å². The zero-order valence-electron chi connectivity index (χ0n) is 7.19. The molecule has 0 saturated carbocycles. The third-order valence-corrected chi connectivity index (χ3v) is 1.76. The van der Waals surface area contributed by atoms with Crippen LogP contribution in [-0.2, 0) is 9.53 Å². The standard InChI is InChI=1S/C9H12O4/c10-5-6-13-8-3-1-7(2-4-8)9(11)12/h1,3,10H,2,4-6H2,(H,11,12). The molecule has 0 bridgehead atoms. The van der Waals surface area contributed by atoms with E-state index in [1.165, 1.54) is 0 Å². The van der Waals surface area contributed by atoms with Crippen LogP contribution < -0.4 is 0 Å². The summed E-state index contributed by atoms with van der Waals surface area (Å²) in [5.41, 5.74) is 0.399. The Balaban J connectivity index is 2.49. The quantitative estimate of drug-likeness (QED) is 0.674. The van der Waals surface area contributed by atoms with Gasteiger partial charge >= 0.3 is 5.97 Å². The number of aliphatic hydroxyl groups excluding tert-OH is 1. The van der Waals surface area contributed by atoms with Gasteiger partial charge in [-0.2, -0.15) is 0 Å². The first-order chi connectivity index (χ1) is 6.24. The molecule has 0 radical (unpaired) electrons. The third-order valence-electron chi connectivity index (χ3n) is 1.76. The van der Waals surface area contributed by atoms with Gasteiger partial charge in [-0.3, -0.25) is 0 Å². The monoisotopic (exact) mass is 184 g/mol. The van der Waals surface area contributed by atoms with E-state index >= 15 is 0 Å². The topological polar surface area (TPSA) is 66.8 Å². The lowest BCUT2D eigenvalue weighted by atomic mass is 10.0. The number of aliphatic hydroxyl groups is 1. The molecule has 72 valence electrons. The van der Waals surface area contributed by atoms with E-state index in [0.717, 1.165) is 5.76 Å². The Bertz CT molecular complexity index is 252. The number of ether oxygens (including phenoxy) is 1. The van der Waals surface area contributed by atoms with E-state index in [4.69, 9.17) is 14.9 Å². The summed E-state index contributed by atoms with van der Waals surface area (Å²) >= 11 is 0. The van der Waals surface area contributed by atoms with Crippen molar-refractivity contribution in [3.8, 4) is 0 Å². The highest BCUT2D eigenvalue weighted by Crippen LogP contribution is 2.18. The Morgan fingerprint density at radius 1 is 1.46 bits per heavy atom. The number of rotatable bonds is 4. The molecule has 0 amide bonds. The maximum Gasteiger partial charge on any atom is 0.331 e. The fourth-order valence-corrected chi connectivity index (χ4v) is 1.09. The number of carboxylic acid groups (broad SMARTS) is 1. The van der Waals surface area contributed by atoms with Crippen molar-refractivity contribution in [1.82, 2.24) is 0 Å². The molecule has 4 heteroatoms. The van der Waals surface area contributed by atoms with Gasteiger partial charge in [0.2, 0.25) is 0 Å². The van der Waals surface area contributed by atoms with Gasteiger partial charge in [0.15, 0.2) is 0 Å². The molecule has 0 aromatic rings. The van der Waals surface area contributed by atoms with Crippen LogP contribution in [0.3, 0.4) is 0 Å². The summed E-state index contributed by atoms with van der Waals surface area (Å²) in [5, 5.41) is 17.1. The van der Waals surface area contributed by atoms with Crippen molar-refractivity contribution in [2.75, 3.05) is 13.2 Å². The lowest BCUT2D eigenvalue weighted by Gasteiger charge is -2.12. The summed E-state index contributed by atoms with van der Waals surface area (Å²) in [6, 6.07) is 0. The van der Waals surface area contributed by atoms with Crippen molar-refractivity contribution in [3.63, 3.8) is 0 Å². The zero-order chi connectivity index (χ0) is 9.68. The number of aliphatic carboxylic acids is 1. The van der Waals surface area contributed by atoms with Gasteiger partial charge in [-0.1, -0.05) is 0 Å². The van der Waals surface area contributed by atoms with Crippen molar-refractivity contribution in [1.29, 1.82) is 0 Å². The van der Waals surface area contributed by atoms with E-state index in [2.05, 4.69) is 0 Å². The molecule has 1 rings (SSSR count). The molecule has 4 nitrogen and oxygen atoms in total. The first-order valence-electron chi connectivity index (χ1n) is 4.10. The highest BCUT2D eigenvalue weighted by atomic mass is 16.5. The molecule has 0 fully saturated rings. The molecule has 0 aliphatic heterocycles. The molecular weight excluding hydrogens is 172 g/mol. The van der Waals surface area contributed by atoms with Crippen LogP contribution in [-0.4, -0.2) is 29.4 Å². The van der Waals surface area contributed by atoms with Gasteiger partial charge in [0.1, 0.15) is 6.61 Å². The Kier molecular flexibility index (Phi) is 3.52. The second-order valence-corrected chi connectivity index (χ2v) is 2.70. The SMILES string of the molecule is O=C(O)C1=CC=C(OCCO)CC1. The van der Waals surface area contributed by atoms with Crippen molar-refractivity contribution >= 4 is 5.97 Å². The molecule has 0 aromatic carbocycles. The summed E-state index contributed by atoms with van der Waals surface area (Å²) in [5.74, 6) is -0.142. The van der Waals surface area contributed by atoms with Gasteiger partial charge in [0, 0.05) is 12.0 Å². The Labute approximate surface area is 76.1 Å². The minimum absolute atomic E-state index is 0.0210. The molecule has 0 saturated heterocycles. The molecular formula is C9H12O4. The van der Waals surface area contributed by atoms with Crippen LogP contribution in [0.1, 0.15) is 12.8 Å². The van der Waals surface area contributed by atoms with Crippen LogP contribution in [0.2, 0.25) is 0 Å². The average molecular weight is 184 g/mol. The van der Waals surface area contributed by atoms with E-state index in [1.807, 2.05) is 0 Å². The van der Waals surface area contributed by atoms with Crippen molar-refractivity contribution in [2.24, 2.45) is 0 Å². The maximum atomic E-state index is 10.5. The Morgan fingerprint density at radius 3 is 2.69 bits per heavy atom. The number of hydrogen-bond donors (Lipinski definition) is 2. The summed E-state index contributed by atoms with van der Waals surface area (Å²) in [7, 11) is 0. The molecule has 0 atom stereocenters. The highest BCUT2D eigenvalue weighted by molar-refractivity contribution is 5.87. The first-order valence-corrected chi connectivity index (χ1v) is 4.10. The highest BCUT2D eigenvalue weighted by Gasteiger charge is 2.12. The normalized spacial score (nSPS) is 16.1. The fourth-order valence-electron chi connectivity index (χ4n) is 1.09. The van der Waals surface area contributed by atoms with Crippen LogP contribution >= 0.6 is 0 Å². The minimum atomic E-state index is -0.877. The summed E-state index contributed by atoms with van der Waals surface area (Å²) in [6.45, 7) is 0.245.